The number of carboxylic acids is 1. The zero-order valence-corrected chi connectivity index (χ0v) is 11.0. The number of carboxylic acid groups (broad SMARTS) is 1. The van der Waals surface area contributed by atoms with Crippen molar-refractivity contribution in [1.82, 2.24) is 10.2 Å². The van der Waals surface area contributed by atoms with Gasteiger partial charge >= 0.3 is 12.0 Å². The monoisotopic (exact) mass is 258 g/mol. The highest BCUT2D eigenvalue weighted by molar-refractivity contribution is 5.75. The van der Waals surface area contributed by atoms with Crippen molar-refractivity contribution in [2.75, 3.05) is 19.7 Å². The molecule has 1 aliphatic rings. The maximum absolute atomic E-state index is 11.8. The van der Waals surface area contributed by atoms with E-state index in [4.69, 9.17) is 9.84 Å². The first-order valence-electron chi connectivity index (χ1n) is 6.45. The van der Waals surface area contributed by atoms with E-state index in [2.05, 4.69) is 5.32 Å². The van der Waals surface area contributed by atoms with Crippen molar-refractivity contribution in [3.05, 3.63) is 0 Å². The zero-order valence-electron chi connectivity index (χ0n) is 11.0. The minimum absolute atomic E-state index is 0.0203. The molecule has 1 rings (SSSR count). The van der Waals surface area contributed by atoms with Crippen LogP contribution in [0.3, 0.4) is 0 Å². The van der Waals surface area contributed by atoms with Crippen LogP contribution in [0.15, 0.2) is 0 Å². The van der Waals surface area contributed by atoms with Crippen molar-refractivity contribution in [2.45, 2.75) is 45.3 Å². The molecule has 2 N–H and O–H groups in total. The average molecular weight is 258 g/mol. The molecule has 6 heteroatoms. The van der Waals surface area contributed by atoms with Crippen molar-refractivity contribution >= 4 is 12.0 Å². The summed E-state index contributed by atoms with van der Waals surface area (Å²) in [6, 6.07) is -0.0216. The van der Waals surface area contributed by atoms with E-state index in [1.54, 1.807) is 0 Å². The molecule has 1 fully saturated rings. The third-order valence-corrected chi connectivity index (χ3v) is 3.09. The number of amides is 2. The second-order valence-electron chi connectivity index (χ2n) is 4.42. The first-order chi connectivity index (χ1) is 8.56. The SMILES string of the molecule is CCOC1CC(NC(=O)N(CC)CCC(=O)O)C1. The Hall–Kier alpha value is -1.30. The largest absolute Gasteiger partial charge is 0.481 e. The van der Waals surface area contributed by atoms with Crippen LogP contribution in [0, 0.1) is 0 Å². The van der Waals surface area contributed by atoms with Crippen LogP contribution in [0.25, 0.3) is 0 Å². The van der Waals surface area contributed by atoms with Gasteiger partial charge in [0.05, 0.1) is 12.5 Å². The molecule has 0 aromatic heterocycles. The molecular weight excluding hydrogens is 236 g/mol. The third-order valence-electron chi connectivity index (χ3n) is 3.09. The number of carbonyl (C=O) groups excluding carboxylic acids is 1. The van der Waals surface area contributed by atoms with Gasteiger partial charge in [-0.3, -0.25) is 4.79 Å². The van der Waals surface area contributed by atoms with Gasteiger partial charge in [-0.1, -0.05) is 0 Å². The third kappa shape index (κ3) is 4.52. The van der Waals surface area contributed by atoms with E-state index in [0.717, 1.165) is 12.8 Å². The summed E-state index contributed by atoms with van der Waals surface area (Å²) in [6.45, 7) is 5.26. The van der Waals surface area contributed by atoms with E-state index in [9.17, 15) is 9.59 Å². The van der Waals surface area contributed by atoms with Gasteiger partial charge in [0.2, 0.25) is 0 Å². The Morgan fingerprint density at radius 2 is 2.06 bits per heavy atom. The zero-order chi connectivity index (χ0) is 13.5. The van der Waals surface area contributed by atoms with Gasteiger partial charge in [-0.05, 0) is 26.7 Å². The maximum Gasteiger partial charge on any atom is 0.317 e. The minimum Gasteiger partial charge on any atom is -0.481 e. The Balaban J connectivity index is 2.24. The topological polar surface area (TPSA) is 78.9 Å². The highest BCUT2D eigenvalue weighted by Gasteiger charge is 2.31. The first-order valence-corrected chi connectivity index (χ1v) is 6.45. The molecule has 0 unspecified atom stereocenters. The summed E-state index contributed by atoms with van der Waals surface area (Å²) in [6.07, 6.45) is 1.92. The van der Waals surface area contributed by atoms with Crippen molar-refractivity contribution in [1.29, 1.82) is 0 Å². The van der Waals surface area contributed by atoms with Crippen LogP contribution in [-0.4, -0.2) is 53.8 Å². The molecular formula is C12H22N2O4. The molecule has 0 atom stereocenters. The number of ether oxygens (including phenoxy) is 1. The normalized spacial score (nSPS) is 22.1. The van der Waals surface area contributed by atoms with E-state index in [1.165, 1.54) is 4.90 Å². The van der Waals surface area contributed by atoms with E-state index >= 15 is 0 Å². The summed E-state index contributed by atoms with van der Waals surface area (Å²) in [5.74, 6) is -0.888. The lowest BCUT2D eigenvalue weighted by Crippen LogP contribution is -2.52. The molecule has 0 spiro atoms. The summed E-state index contributed by atoms with van der Waals surface area (Å²) in [5, 5.41) is 11.5. The maximum atomic E-state index is 11.8. The average Bonchev–Trinajstić information content (AvgIpc) is 2.26. The van der Waals surface area contributed by atoms with E-state index < -0.39 is 5.97 Å². The number of aliphatic carboxylic acids is 1. The van der Waals surface area contributed by atoms with E-state index in [0.29, 0.717) is 13.2 Å². The highest BCUT2D eigenvalue weighted by atomic mass is 16.5. The molecule has 0 saturated heterocycles. The Morgan fingerprint density at radius 3 is 2.56 bits per heavy atom. The van der Waals surface area contributed by atoms with Crippen LogP contribution < -0.4 is 5.32 Å². The number of hydrogen-bond donors (Lipinski definition) is 2. The lowest BCUT2D eigenvalue weighted by Gasteiger charge is -2.36. The Bertz CT molecular complexity index is 290. The number of nitrogens with one attached hydrogen (secondary N) is 1. The molecule has 6 nitrogen and oxygen atoms in total. The van der Waals surface area contributed by atoms with Crippen LogP contribution in [-0.2, 0) is 9.53 Å². The lowest BCUT2D eigenvalue weighted by molar-refractivity contribution is -0.137. The Morgan fingerprint density at radius 1 is 1.39 bits per heavy atom. The molecule has 18 heavy (non-hydrogen) atoms. The number of hydrogen-bond acceptors (Lipinski definition) is 3. The summed E-state index contributed by atoms with van der Waals surface area (Å²) in [7, 11) is 0. The van der Waals surface area contributed by atoms with Crippen LogP contribution >= 0.6 is 0 Å². The lowest BCUT2D eigenvalue weighted by atomic mass is 9.89. The van der Waals surface area contributed by atoms with Crippen molar-refractivity contribution in [2.24, 2.45) is 0 Å². The minimum atomic E-state index is -0.888. The molecule has 0 bridgehead atoms. The second kappa shape index (κ2) is 7.20. The van der Waals surface area contributed by atoms with Crippen LogP contribution in [0.1, 0.15) is 33.1 Å². The Kier molecular flexibility index (Phi) is 5.91. The van der Waals surface area contributed by atoms with Gasteiger partial charge in [0.15, 0.2) is 0 Å². The molecule has 1 saturated carbocycles. The molecule has 2 amide bonds. The van der Waals surface area contributed by atoms with Crippen LogP contribution in [0.5, 0.6) is 0 Å². The smallest absolute Gasteiger partial charge is 0.317 e. The second-order valence-corrected chi connectivity index (χ2v) is 4.42. The van der Waals surface area contributed by atoms with Crippen molar-refractivity contribution in [3.8, 4) is 0 Å². The molecule has 0 radical (unpaired) electrons. The fourth-order valence-corrected chi connectivity index (χ4v) is 1.96. The summed E-state index contributed by atoms with van der Waals surface area (Å²) >= 11 is 0. The van der Waals surface area contributed by atoms with E-state index in [-0.39, 0.29) is 31.1 Å². The number of rotatable bonds is 7. The first kappa shape index (κ1) is 14.8. The molecule has 0 aromatic carbocycles. The van der Waals surface area contributed by atoms with Crippen molar-refractivity contribution in [3.63, 3.8) is 0 Å². The predicted octanol–water partition coefficient (Wildman–Crippen LogP) is 1.06. The molecule has 104 valence electrons. The predicted molar refractivity (Wildman–Crippen MR) is 66.5 cm³/mol. The van der Waals surface area contributed by atoms with Gasteiger partial charge in [-0.2, -0.15) is 0 Å². The van der Waals surface area contributed by atoms with Crippen LogP contribution in [0.2, 0.25) is 0 Å². The van der Waals surface area contributed by atoms with Gasteiger partial charge in [-0.15, -0.1) is 0 Å². The number of urea groups is 1. The fourth-order valence-electron chi connectivity index (χ4n) is 1.96. The fraction of sp³-hybridized carbons (Fsp3) is 0.833. The van der Waals surface area contributed by atoms with Crippen LogP contribution in [0.4, 0.5) is 4.79 Å². The van der Waals surface area contributed by atoms with Gasteiger partial charge in [0.1, 0.15) is 0 Å². The summed E-state index contributed by atoms with van der Waals surface area (Å²) in [5.41, 5.74) is 0. The molecule has 0 heterocycles. The van der Waals surface area contributed by atoms with E-state index in [1.807, 2.05) is 13.8 Å². The van der Waals surface area contributed by atoms with Crippen molar-refractivity contribution < 1.29 is 19.4 Å². The van der Waals surface area contributed by atoms with Gasteiger partial charge in [0.25, 0.3) is 0 Å². The van der Waals surface area contributed by atoms with Gasteiger partial charge in [0, 0.05) is 25.7 Å². The molecule has 0 aromatic rings. The summed E-state index contributed by atoms with van der Waals surface area (Å²) < 4.78 is 5.41. The summed E-state index contributed by atoms with van der Waals surface area (Å²) in [4.78, 5) is 23.8. The Labute approximate surface area is 107 Å². The van der Waals surface area contributed by atoms with Gasteiger partial charge < -0.3 is 20.1 Å². The number of carbonyl (C=O) groups is 2. The highest BCUT2D eigenvalue weighted by Crippen LogP contribution is 2.23. The van der Waals surface area contributed by atoms with Gasteiger partial charge in [-0.25, -0.2) is 4.79 Å². The quantitative estimate of drug-likeness (QED) is 0.715. The number of nitrogens with zero attached hydrogens (tertiary/aromatic N) is 1. The molecule has 1 aliphatic carbocycles. The molecule has 0 aliphatic heterocycles. The standard InChI is InChI=1S/C12H22N2O4/c1-3-14(6-5-11(15)16)12(17)13-9-7-10(8-9)18-4-2/h9-10H,3-8H2,1-2H3,(H,13,17)(H,15,16).